The van der Waals surface area contributed by atoms with Gasteiger partial charge in [-0.2, -0.15) is 4.39 Å². The zero-order valence-corrected chi connectivity index (χ0v) is 23.5. The van der Waals surface area contributed by atoms with Gasteiger partial charge in [0.05, 0.1) is 19.3 Å². The zero-order valence-electron chi connectivity index (χ0n) is 23.5. The third-order valence-corrected chi connectivity index (χ3v) is 8.09. The van der Waals surface area contributed by atoms with E-state index in [1.807, 2.05) is 30.4 Å². The minimum Gasteiger partial charge on any atom is -0.490 e. The molecule has 0 amide bonds. The van der Waals surface area contributed by atoms with Crippen molar-refractivity contribution in [2.75, 3.05) is 13.2 Å². The average molecular weight is 541 g/mol. The summed E-state index contributed by atoms with van der Waals surface area (Å²) in [7, 11) is 0. The lowest BCUT2D eigenvalue weighted by Crippen LogP contribution is -2.24. The molecule has 212 valence electrons. The molecule has 1 aliphatic heterocycles. The summed E-state index contributed by atoms with van der Waals surface area (Å²) in [6.07, 6.45) is 17.2. The molecule has 1 fully saturated rings. The Bertz CT molecular complexity index is 1130. The lowest BCUT2D eigenvalue weighted by atomic mass is 9.86. The standard InChI is InChI=1S/C34H43F3O2/c1-3-5-6-7-8-9-21-38-32-20-19-30(33(36)34(32)37)25-13-11-24(12-14-25)29-18-16-26(22-31(29)35)27-15-17-28(10-4-2)39-23-27/h11-13,16,18-20,22,25,27-28H,3-10,14-15,17,21,23H2,1-2H3. The molecule has 39 heavy (non-hydrogen) atoms. The molecule has 0 aromatic heterocycles. The van der Waals surface area contributed by atoms with Crippen molar-refractivity contribution in [3.8, 4) is 5.75 Å². The first-order valence-electron chi connectivity index (χ1n) is 14.9. The highest BCUT2D eigenvalue weighted by atomic mass is 19.2. The lowest BCUT2D eigenvalue weighted by Gasteiger charge is -2.29. The van der Waals surface area contributed by atoms with E-state index in [0.717, 1.165) is 56.1 Å². The van der Waals surface area contributed by atoms with Gasteiger partial charge in [-0.25, -0.2) is 8.78 Å². The highest BCUT2D eigenvalue weighted by molar-refractivity contribution is 5.76. The molecule has 0 spiro atoms. The van der Waals surface area contributed by atoms with Crippen LogP contribution >= 0.6 is 0 Å². The molecule has 2 aliphatic rings. The van der Waals surface area contributed by atoms with Crippen LogP contribution in [0.2, 0.25) is 0 Å². The molecule has 3 unspecified atom stereocenters. The van der Waals surface area contributed by atoms with Gasteiger partial charge in [0, 0.05) is 17.4 Å². The van der Waals surface area contributed by atoms with Crippen LogP contribution in [-0.4, -0.2) is 19.3 Å². The number of unbranched alkanes of at least 4 members (excludes halogenated alkanes) is 5. The van der Waals surface area contributed by atoms with Crippen molar-refractivity contribution in [3.05, 3.63) is 82.7 Å². The van der Waals surface area contributed by atoms with E-state index in [4.69, 9.17) is 9.47 Å². The number of hydrogen-bond donors (Lipinski definition) is 0. The Hall–Kier alpha value is -2.53. The molecular formula is C34H43F3O2. The number of hydrogen-bond acceptors (Lipinski definition) is 2. The third kappa shape index (κ3) is 7.78. The van der Waals surface area contributed by atoms with E-state index < -0.39 is 11.6 Å². The highest BCUT2D eigenvalue weighted by Gasteiger charge is 2.24. The normalized spacial score (nSPS) is 21.2. The van der Waals surface area contributed by atoms with Crippen molar-refractivity contribution >= 4 is 5.57 Å². The van der Waals surface area contributed by atoms with Gasteiger partial charge in [0.1, 0.15) is 5.82 Å². The van der Waals surface area contributed by atoms with Crippen LogP contribution in [0.4, 0.5) is 13.2 Å². The smallest absolute Gasteiger partial charge is 0.200 e. The molecule has 2 aromatic rings. The van der Waals surface area contributed by atoms with Crippen molar-refractivity contribution < 1.29 is 22.6 Å². The number of halogens is 3. The second-order valence-electron chi connectivity index (χ2n) is 11.0. The first kappa shape index (κ1) is 29.5. The van der Waals surface area contributed by atoms with Crippen molar-refractivity contribution in [2.24, 2.45) is 0 Å². The fourth-order valence-electron chi connectivity index (χ4n) is 5.70. The molecule has 1 heterocycles. The van der Waals surface area contributed by atoms with Crippen molar-refractivity contribution in [3.63, 3.8) is 0 Å². The van der Waals surface area contributed by atoms with Gasteiger partial charge in [-0.05, 0) is 60.9 Å². The Labute approximate surface area is 232 Å². The fourth-order valence-corrected chi connectivity index (χ4v) is 5.70. The molecule has 3 atom stereocenters. The van der Waals surface area contributed by atoms with E-state index in [0.29, 0.717) is 36.9 Å². The zero-order chi connectivity index (χ0) is 27.6. The predicted octanol–water partition coefficient (Wildman–Crippen LogP) is 10.0. The molecule has 5 heteroatoms. The van der Waals surface area contributed by atoms with Gasteiger partial charge in [-0.15, -0.1) is 0 Å². The quantitative estimate of drug-likeness (QED) is 0.235. The minimum absolute atomic E-state index is 0.0350. The van der Waals surface area contributed by atoms with Gasteiger partial charge in [0.2, 0.25) is 5.82 Å². The van der Waals surface area contributed by atoms with Crippen LogP contribution in [0.5, 0.6) is 5.75 Å². The van der Waals surface area contributed by atoms with Gasteiger partial charge in [-0.3, -0.25) is 0 Å². The largest absolute Gasteiger partial charge is 0.490 e. The van der Waals surface area contributed by atoms with Gasteiger partial charge in [-0.1, -0.05) is 88.8 Å². The minimum atomic E-state index is -0.934. The molecule has 2 aromatic carbocycles. The van der Waals surface area contributed by atoms with E-state index in [-0.39, 0.29) is 23.4 Å². The molecule has 2 nitrogen and oxygen atoms in total. The van der Waals surface area contributed by atoms with Crippen molar-refractivity contribution in [1.82, 2.24) is 0 Å². The maximum Gasteiger partial charge on any atom is 0.200 e. The number of benzene rings is 2. The van der Waals surface area contributed by atoms with Crippen molar-refractivity contribution in [2.45, 2.75) is 102 Å². The second-order valence-corrected chi connectivity index (χ2v) is 11.0. The average Bonchev–Trinajstić information content (AvgIpc) is 2.95. The van der Waals surface area contributed by atoms with Crippen LogP contribution in [0, 0.1) is 17.5 Å². The van der Waals surface area contributed by atoms with E-state index in [1.165, 1.54) is 25.3 Å². The third-order valence-electron chi connectivity index (χ3n) is 8.09. The Morgan fingerprint density at radius 3 is 2.41 bits per heavy atom. The van der Waals surface area contributed by atoms with Crippen LogP contribution in [0.15, 0.2) is 48.6 Å². The Balaban J connectivity index is 1.33. The molecule has 0 N–H and O–H groups in total. The number of ether oxygens (including phenoxy) is 2. The van der Waals surface area contributed by atoms with E-state index >= 15 is 4.39 Å². The predicted molar refractivity (Wildman–Crippen MR) is 153 cm³/mol. The van der Waals surface area contributed by atoms with Crippen LogP contribution in [0.1, 0.15) is 113 Å². The van der Waals surface area contributed by atoms with Gasteiger partial charge < -0.3 is 9.47 Å². The molecule has 0 saturated carbocycles. The Morgan fingerprint density at radius 1 is 0.897 bits per heavy atom. The molecular weight excluding hydrogens is 497 g/mol. The molecule has 1 saturated heterocycles. The van der Waals surface area contributed by atoms with Gasteiger partial charge in [0.25, 0.3) is 0 Å². The Kier molecular flexibility index (Phi) is 11.1. The monoisotopic (exact) mass is 540 g/mol. The maximum atomic E-state index is 15.1. The summed E-state index contributed by atoms with van der Waals surface area (Å²) in [5.41, 5.74) is 2.55. The summed E-state index contributed by atoms with van der Waals surface area (Å²) in [5, 5.41) is 0. The molecule has 0 bridgehead atoms. The Morgan fingerprint density at radius 2 is 1.72 bits per heavy atom. The van der Waals surface area contributed by atoms with Crippen LogP contribution in [0.3, 0.4) is 0 Å². The SMILES string of the molecule is CCCCCCCCOc1ccc(C2C=CC(c3ccc(C4CCC(CCC)OC4)cc3F)=CC2)c(F)c1F. The first-order chi connectivity index (χ1) is 19.0. The van der Waals surface area contributed by atoms with E-state index in [1.54, 1.807) is 12.1 Å². The van der Waals surface area contributed by atoms with Crippen LogP contribution in [0.25, 0.3) is 5.57 Å². The maximum absolute atomic E-state index is 15.1. The number of allylic oxidation sites excluding steroid dienone is 4. The lowest BCUT2D eigenvalue weighted by molar-refractivity contribution is -0.00115. The number of rotatable bonds is 13. The molecule has 4 rings (SSSR count). The van der Waals surface area contributed by atoms with Crippen LogP contribution in [-0.2, 0) is 4.74 Å². The molecule has 1 aliphatic carbocycles. The first-order valence-corrected chi connectivity index (χ1v) is 14.9. The summed E-state index contributed by atoms with van der Waals surface area (Å²) in [5.74, 6) is -2.19. The van der Waals surface area contributed by atoms with Gasteiger partial charge >= 0.3 is 0 Å². The summed E-state index contributed by atoms with van der Waals surface area (Å²) in [6, 6.07) is 8.58. The summed E-state index contributed by atoms with van der Waals surface area (Å²) >= 11 is 0. The summed E-state index contributed by atoms with van der Waals surface area (Å²) < 4.78 is 56.3. The van der Waals surface area contributed by atoms with Crippen LogP contribution < -0.4 is 4.74 Å². The fraction of sp³-hybridized carbons (Fsp3) is 0.529. The summed E-state index contributed by atoms with van der Waals surface area (Å²) in [4.78, 5) is 0. The van der Waals surface area contributed by atoms with Gasteiger partial charge in [0.15, 0.2) is 11.6 Å². The van der Waals surface area contributed by atoms with E-state index in [9.17, 15) is 8.78 Å². The summed E-state index contributed by atoms with van der Waals surface area (Å²) in [6.45, 7) is 5.36. The van der Waals surface area contributed by atoms with E-state index in [2.05, 4.69) is 13.8 Å². The highest BCUT2D eigenvalue weighted by Crippen LogP contribution is 2.36. The molecule has 0 radical (unpaired) electrons. The topological polar surface area (TPSA) is 18.5 Å². The van der Waals surface area contributed by atoms with Crippen molar-refractivity contribution in [1.29, 1.82) is 0 Å². The second kappa shape index (κ2) is 14.7.